The van der Waals surface area contributed by atoms with E-state index in [9.17, 15) is 13.2 Å². The predicted molar refractivity (Wildman–Crippen MR) is 112 cm³/mol. The average molecular weight is 424 g/mol. The monoisotopic (exact) mass is 424 g/mol. The lowest BCUT2D eigenvalue weighted by Gasteiger charge is -2.26. The molecule has 1 N–H and O–H groups in total. The van der Waals surface area contributed by atoms with E-state index >= 15 is 0 Å². The third kappa shape index (κ3) is 4.38. The van der Waals surface area contributed by atoms with Crippen LogP contribution in [0.3, 0.4) is 0 Å². The molecule has 0 atom stereocenters. The Morgan fingerprint density at radius 2 is 1.67 bits per heavy atom. The number of benzene rings is 2. The molecular weight excluding hydrogens is 404 g/mol. The van der Waals surface area contributed by atoms with Gasteiger partial charge in [-0.3, -0.25) is 4.79 Å². The Morgan fingerprint density at radius 1 is 0.967 bits per heavy atom. The number of hydrogen-bond acceptors (Lipinski definition) is 7. The molecule has 1 fully saturated rings. The predicted octanol–water partition coefficient (Wildman–Crippen LogP) is 2.72. The second-order valence-corrected chi connectivity index (χ2v) is 8.61. The zero-order chi connectivity index (χ0) is 21.0. The molecule has 9 heteroatoms. The summed E-state index contributed by atoms with van der Waals surface area (Å²) in [5.41, 5.74) is 2.78. The standard InChI is InChI=1S/C21H20N4O4S/c26-15-16-1-5-18(6-2-16)23-21-22-10-9-20(24-21)17-3-7-19(8-4-17)30(27,28)25-11-13-29-14-12-25/h1-10,15H,11-14H2,(H,22,23,24). The van der Waals surface area contributed by atoms with E-state index < -0.39 is 10.0 Å². The highest BCUT2D eigenvalue weighted by atomic mass is 32.2. The van der Waals surface area contributed by atoms with Crippen molar-refractivity contribution < 1.29 is 17.9 Å². The molecule has 1 aliphatic rings. The molecule has 3 aromatic rings. The minimum Gasteiger partial charge on any atom is -0.379 e. The Kier molecular flexibility index (Phi) is 5.84. The number of ether oxygens (including phenoxy) is 1. The zero-order valence-corrected chi connectivity index (χ0v) is 16.9. The number of hydrogen-bond donors (Lipinski definition) is 1. The van der Waals surface area contributed by atoms with Crippen molar-refractivity contribution in [3.8, 4) is 11.3 Å². The molecule has 1 aromatic heterocycles. The summed E-state index contributed by atoms with van der Waals surface area (Å²) in [6, 6.07) is 15.3. The lowest BCUT2D eigenvalue weighted by Crippen LogP contribution is -2.40. The van der Waals surface area contributed by atoms with Gasteiger partial charge in [0.05, 0.1) is 23.8 Å². The van der Waals surface area contributed by atoms with Crippen LogP contribution in [-0.4, -0.2) is 55.3 Å². The van der Waals surface area contributed by atoms with Crippen LogP contribution < -0.4 is 5.32 Å². The fourth-order valence-corrected chi connectivity index (χ4v) is 4.50. The number of carbonyl (C=O) groups excluding carboxylic acids is 1. The van der Waals surface area contributed by atoms with Crippen molar-refractivity contribution in [3.63, 3.8) is 0 Å². The van der Waals surface area contributed by atoms with Crippen molar-refractivity contribution in [1.82, 2.24) is 14.3 Å². The molecule has 0 saturated carbocycles. The SMILES string of the molecule is O=Cc1ccc(Nc2nccc(-c3ccc(S(=O)(=O)N4CCOCC4)cc3)n2)cc1. The quantitative estimate of drug-likeness (QED) is 0.607. The van der Waals surface area contributed by atoms with Gasteiger partial charge in [-0.15, -0.1) is 0 Å². The third-order valence-electron chi connectivity index (χ3n) is 4.72. The van der Waals surface area contributed by atoms with E-state index in [1.54, 1.807) is 60.8 Å². The molecule has 0 amide bonds. The van der Waals surface area contributed by atoms with Crippen molar-refractivity contribution in [2.24, 2.45) is 0 Å². The summed E-state index contributed by atoms with van der Waals surface area (Å²) in [7, 11) is -3.53. The van der Waals surface area contributed by atoms with Gasteiger partial charge in [0.25, 0.3) is 0 Å². The molecule has 0 aliphatic carbocycles. The first kappa shape index (κ1) is 20.1. The van der Waals surface area contributed by atoms with Gasteiger partial charge in [0.1, 0.15) is 6.29 Å². The van der Waals surface area contributed by atoms with E-state index in [-0.39, 0.29) is 4.90 Å². The van der Waals surface area contributed by atoms with Gasteiger partial charge in [-0.1, -0.05) is 12.1 Å². The Balaban J connectivity index is 1.52. The van der Waals surface area contributed by atoms with Crippen LogP contribution in [0.2, 0.25) is 0 Å². The smallest absolute Gasteiger partial charge is 0.243 e. The number of nitrogens with one attached hydrogen (secondary N) is 1. The van der Waals surface area contributed by atoms with Gasteiger partial charge < -0.3 is 10.1 Å². The van der Waals surface area contributed by atoms with Crippen molar-refractivity contribution in [2.45, 2.75) is 4.90 Å². The Labute approximate surface area is 174 Å². The molecular formula is C21H20N4O4S. The average Bonchev–Trinajstić information content (AvgIpc) is 2.80. The number of aldehydes is 1. The topological polar surface area (TPSA) is 101 Å². The lowest BCUT2D eigenvalue weighted by atomic mass is 10.1. The summed E-state index contributed by atoms with van der Waals surface area (Å²) >= 11 is 0. The van der Waals surface area contributed by atoms with E-state index in [0.717, 1.165) is 17.5 Å². The Morgan fingerprint density at radius 3 is 2.33 bits per heavy atom. The van der Waals surface area contributed by atoms with Crippen LogP contribution >= 0.6 is 0 Å². The normalized spacial score (nSPS) is 14.9. The minimum absolute atomic E-state index is 0.246. The maximum absolute atomic E-state index is 12.8. The number of anilines is 2. The zero-order valence-electron chi connectivity index (χ0n) is 16.1. The largest absolute Gasteiger partial charge is 0.379 e. The number of rotatable bonds is 6. The highest BCUT2D eigenvalue weighted by Crippen LogP contribution is 2.23. The first-order valence-electron chi connectivity index (χ1n) is 9.40. The van der Waals surface area contributed by atoms with Crippen LogP contribution in [-0.2, 0) is 14.8 Å². The third-order valence-corrected chi connectivity index (χ3v) is 6.63. The summed E-state index contributed by atoms with van der Waals surface area (Å²) in [6.07, 6.45) is 2.41. The molecule has 2 heterocycles. The second-order valence-electron chi connectivity index (χ2n) is 6.67. The van der Waals surface area contributed by atoms with E-state index in [4.69, 9.17) is 4.74 Å². The molecule has 0 unspecified atom stereocenters. The van der Waals surface area contributed by atoms with Crippen LogP contribution in [0.15, 0.2) is 65.7 Å². The van der Waals surface area contributed by atoms with E-state index in [0.29, 0.717) is 43.5 Å². The molecule has 154 valence electrons. The molecule has 0 bridgehead atoms. The van der Waals surface area contributed by atoms with Gasteiger partial charge in [0, 0.05) is 36.1 Å². The summed E-state index contributed by atoms with van der Waals surface area (Å²) in [6.45, 7) is 1.54. The van der Waals surface area contributed by atoms with E-state index in [1.165, 1.54) is 4.31 Å². The number of carbonyl (C=O) groups is 1. The maximum atomic E-state index is 12.8. The van der Waals surface area contributed by atoms with Gasteiger partial charge in [0.2, 0.25) is 16.0 Å². The van der Waals surface area contributed by atoms with Crippen LogP contribution in [0.4, 0.5) is 11.6 Å². The minimum atomic E-state index is -3.53. The molecule has 0 spiro atoms. The van der Waals surface area contributed by atoms with Crippen molar-refractivity contribution in [1.29, 1.82) is 0 Å². The van der Waals surface area contributed by atoms with Gasteiger partial charge in [-0.2, -0.15) is 4.31 Å². The first-order valence-corrected chi connectivity index (χ1v) is 10.8. The fraction of sp³-hybridized carbons (Fsp3) is 0.190. The molecule has 2 aromatic carbocycles. The maximum Gasteiger partial charge on any atom is 0.243 e. The van der Waals surface area contributed by atoms with Crippen LogP contribution in [0, 0.1) is 0 Å². The van der Waals surface area contributed by atoms with Gasteiger partial charge in [-0.25, -0.2) is 18.4 Å². The summed E-state index contributed by atoms with van der Waals surface area (Å²) < 4.78 is 32.2. The Hall–Kier alpha value is -3.14. The van der Waals surface area contributed by atoms with Crippen molar-refractivity contribution in [3.05, 3.63) is 66.4 Å². The molecule has 1 aliphatic heterocycles. The van der Waals surface area contributed by atoms with E-state index in [2.05, 4.69) is 15.3 Å². The number of morpholine rings is 1. The van der Waals surface area contributed by atoms with Gasteiger partial charge in [-0.05, 0) is 42.5 Å². The number of nitrogens with zero attached hydrogens (tertiary/aromatic N) is 3. The first-order chi connectivity index (χ1) is 14.6. The number of aromatic nitrogens is 2. The molecule has 0 radical (unpaired) electrons. The summed E-state index contributed by atoms with van der Waals surface area (Å²) in [5, 5.41) is 3.09. The summed E-state index contributed by atoms with van der Waals surface area (Å²) in [5.74, 6) is 0.399. The molecule has 30 heavy (non-hydrogen) atoms. The molecule has 8 nitrogen and oxygen atoms in total. The highest BCUT2D eigenvalue weighted by Gasteiger charge is 2.26. The van der Waals surface area contributed by atoms with Crippen LogP contribution in [0.25, 0.3) is 11.3 Å². The van der Waals surface area contributed by atoms with Crippen molar-refractivity contribution in [2.75, 3.05) is 31.6 Å². The van der Waals surface area contributed by atoms with E-state index in [1.807, 2.05) is 0 Å². The Bertz CT molecular complexity index is 1130. The van der Waals surface area contributed by atoms with Crippen LogP contribution in [0.5, 0.6) is 0 Å². The summed E-state index contributed by atoms with van der Waals surface area (Å²) in [4.78, 5) is 19.7. The van der Waals surface area contributed by atoms with Crippen LogP contribution in [0.1, 0.15) is 10.4 Å². The second kappa shape index (κ2) is 8.70. The molecule has 4 rings (SSSR count). The van der Waals surface area contributed by atoms with Crippen molar-refractivity contribution >= 4 is 27.9 Å². The highest BCUT2D eigenvalue weighted by molar-refractivity contribution is 7.89. The number of sulfonamides is 1. The lowest BCUT2D eigenvalue weighted by molar-refractivity contribution is 0.0730. The van der Waals surface area contributed by atoms with Gasteiger partial charge >= 0.3 is 0 Å². The van der Waals surface area contributed by atoms with Gasteiger partial charge in [0.15, 0.2) is 0 Å². The fourth-order valence-electron chi connectivity index (χ4n) is 3.09. The molecule has 1 saturated heterocycles.